The molecule has 1 saturated carbocycles. The standard InChI is InChI=1S/C14H16BrN3/c1-9-5-4-8-11(12(9)15)14-16-13(17-18-14)10-6-2-3-7-10/h4-5,8,10H,2-3,6-7H2,1H3,(H,16,17,18). The van der Waals surface area contributed by atoms with Crippen molar-refractivity contribution < 1.29 is 0 Å². The highest BCUT2D eigenvalue weighted by Gasteiger charge is 2.21. The number of aryl methyl sites for hydroxylation is 1. The van der Waals surface area contributed by atoms with E-state index in [4.69, 9.17) is 0 Å². The zero-order valence-corrected chi connectivity index (χ0v) is 12.0. The van der Waals surface area contributed by atoms with Crippen LogP contribution in [0.15, 0.2) is 22.7 Å². The fraction of sp³-hybridized carbons (Fsp3) is 0.429. The number of halogens is 1. The van der Waals surface area contributed by atoms with Gasteiger partial charge in [0.25, 0.3) is 0 Å². The highest BCUT2D eigenvalue weighted by Crippen LogP contribution is 2.34. The topological polar surface area (TPSA) is 41.6 Å². The molecule has 0 amide bonds. The summed E-state index contributed by atoms with van der Waals surface area (Å²) in [5.74, 6) is 2.43. The van der Waals surface area contributed by atoms with Crippen molar-refractivity contribution in [3.05, 3.63) is 34.1 Å². The highest BCUT2D eigenvalue weighted by molar-refractivity contribution is 9.10. The molecule has 1 aliphatic rings. The number of hydrogen-bond donors (Lipinski definition) is 1. The van der Waals surface area contributed by atoms with Crippen molar-refractivity contribution in [1.29, 1.82) is 0 Å². The fourth-order valence-corrected chi connectivity index (χ4v) is 3.04. The first-order chi connectivity index (χ1) is 8.75. The van der Waals surface area contributed by atoms with Crippen molar-refractivity contribution in [2.75, 3.05) is 0 Å². The van der Waals surface area contributed by atoms with Gasteiger partial charge in [-0.1, -0.05) is 25.0 Å². The lowest BCUT2D eigenvalue weighted by atomic mass is 10.1. The number of rotatable bonds is 2. The smallest absolute Gasteiger partial charge is 0.182 e. The lowest BCUT2D eigenvalue weighted by Crippen LogP contribution is -1.94. The van der Waals surface area contributed by atoms with Crippen LogP contribution in [0.4, 0.5) is 0 Å². The summed E-state index contributed by atoms with van der Waals surface area (Å²) in [4.78, 5) is 4.67. The van der Waals surface area contributed by atoms with Crippen LogP contribution in [0.5, 0.6) is 0 Å². The van der Waals surface area contributed by atoms with Gasteiger partial charge >= 0.3 is 0 Å². The molecule has 0 atom stereocenters. The van der Waals surface area contributed by atoms with E-state index in [0.29, 0.717) is 5.92 Å². The number of nitrogens with zero attached hydrogens (tertiary/aromatic N) is 2. The zero-order valence-electron chi connectivity index (χ0n) is 10.4. The van der Waals surface area contributed by atoms with E-state index in [9.17, 15) is 0 Å². The summed E-state index contributed by atoms with van der Waals surface area (Å²) in [6, 6.07) is 6.18. The lowest BCUT2D eigenvalue weighted by Gasteiger charge is -2.03. The van der Waals surface area contributed by atoms with Crippen molar-refractivity contribution in [3.8, 4) is 11.4 Å². The van der Waals surface area contributed by atoms with E-state index in [2.05, 4.69) is 50.2 Å². The minimum absolute atomic E-state index is 0.579. The van der Waals surface area contributed by atoms with Crippen molar-refractivity contribution in [2.24, 2.45) is 0 Å². The Balaban J connectivity index is 1.95. The Bertz CT molecular complexity index is 556. The summed E-state index contributed by atoms with van der Waals surface area (Å²) < 4.78 is 1.09. The SMILES string of the molecule is Cc1cccc(-c2n[nH]c(C3CCCC3)n2)c1Br. The molecule has 0 radical (unpaired) electrons. The fourth-order valence-electron chi connectivity index (χ4n) is 2.60. The van der Waals surface area contributed by atoms with Gasteiger partial charge in [-0.15, -0.1) is 0 Å². The summed E-state index contributed by atoms with van der Waals surface area (Å²) in [7, 11) is 0. The second-order valence-corrected chi connectivity index (χ2v) is 5.76. The quantitative estimate of drug-likeness (QED) is 0.903. The van der Waals surface area contributed by atoms with Crippen LogP contribution in [0.25, 0.3) is 11.4 Å². The molecule has 0 bridgehead atoms. The Labute approximate surface area is 115 Å². The van der Waals surface area contributed by atoms with Gasteiger partial charge < -0.3 is 0 Å². The number of aromatic nitrogens is 3. The van der Waals surface area contributed by atoms with E-state index in [0.717, 1.165) is 21.7 Å². The minimum atomic E-state index is 0.579. The number of aromatic amines is 1. The van der Waals surface area contributed by atoms with Gasteiger partial charge in [0.15, 0.2) is 5.82 Å². The van der Waals surface area contributed by atoms with Crippen LogP contribution in [-0.2, 0) is 0 Å². The van der Waals surface area contributed by atoms with E-state index in [1.165, 1.54) is 31.2 Å². The first-order valence-corrected chi connectivity index (χ1v) is 7.23. The third kappa shape index (κ3) is 2.09. The van der Waals surface area contributed by atoms with Crippen LogP contribution in [-0.4, -0.2) is 15.2 Å². The zero-order chi connectivity index (χ0) is 12.5. The second-order valence-electron chi connectivity index (χ2n) is 4.96. The van der Waals surface area contributed by atoms with E-state index in [1.807, 2.05) is 6.07 Å². The predicted molar refractivity (Wildman–Crippen MR) is 75.5 cm³/mol. The molecular formula is C14H16BrN3. The van der Waals surface area contributed by atoms with Gasteiger partial charge in [0.1, 0.15) is 5.82 Å². The van der Waals surface area contributed by atoms with Crippen molar-refractivity contribution >= 4 is 15.9 Å². The van der Waals surface area contributed by atoms with E-state index < -0.39 is 0 Å². The maximum absolute atomic E-state index is 4.67. The van der Waals surface area contributed by atoms with Crippen LogP contribution < -0.4 is 0 Å². The maximum Gasteiger partial charge on any atom is 0.182 e. The summed E-state index contributed by atoms with van der Waals surface area (Å²) in [6.07, 6.45) is 5.11. The van der Waals surface area contributed by atoms with Crippen LogP contribution in [0.1, 0.15) is 43.0 Å². The van der Waals surface area contributed by atoms with Gasteiger partial charge in [-0.2, -0.15) is 5.10 Å². The molecule has 1 aliphatic carbocycles. The molecule has 0 spiro atoms. The normalized spacial score (nSPS) is 16.3. The molecule has 0 saturated heterocycles. The summed E-state index contributed by atoms with van der Waals surface area (Å²) in [6.45, 7) is 2.08. The first-order valence-electron chi connectivity index (χ1n) is 6.43. The van der Waals surface area contributed by atoms with Gasteiger partial charge in [-0.25, -0.2) is 4.98 Å². The molecule has 2 aromatic rings. The van der Waals surface area contributed by atoms with Crippen LogP contribution in [0.2, 0.25) is 0 Å². The molecule has 1 N–H and O–H groups in total. The van der Waals surface area contributed by atoms with E-state index in [1.54, 1.807) is 0 Å². The molecule has 3 nitrogen and oxygen atoms in total. The monoisotopic (exact) mass is 305 g/mol. The van der Waals surface area contributed by atoms with E-state index in [-0.39, 0.29) is 0 Å². The molecule has 0 unspecified atom stereocenters. The molecule has 1 aromatic carbocycles. The summed E-state index contributed by atoms with van der Waals surface area (Å²) in [5, 5.41) is 7.48. The van der Waals surface area contributed by atoms with Crippen molar-refractivity contribution in [2.45, 2.75) is 38.5 Å². The van der Waals surface area contributed by atoms with E-state index >= 15 is 0 Å². The number of H-pyrrole nitrogens is 1. The third-order valence-electron chi connectivity index (χ3n) is 3.68. The average Bonchev–Trinajstić information content (AvgIpc) is 3.01. The number of hydrogen-bond acceptors (Lipinski definition) is 2. The minimum Gasteiger partial charge on any atom is -0.262 e. The molecule has 18 heavy (non-hydrogen) atoms. The van der Waals surface area contributed by atoms with Gasteiger partial charge in [-0.05, 0) is 47.3 Å². The largest absolute Gasteiger partial charge is 0.262 e. The number of nitrogens with one attached hydrogen (secondary N) is 1. The second kappa shape index (κ2) is 4.84. The molecule has 1 aromatic heterocycles. The first kappa shape index (κ1) is 11.9. The molecule has 1 heterocycles. The van der Waals surface area contributed by atoms with Gasteiger partial charge in [0.2, 0.25) is 0 Å². The summed E-state index contributed by atoms with van der Waals surface area (Å²) >= 11 is 3.62. The number of benzene rings is 1. The Hall–Kier alpha value is -1.16. The lowest BCUT2D eigenvalue weighted by molar-refractivity contribution is 0.672. The van der Waals surface area contributed by atoms with Crippen LogP contribution in [0.3, 0.4) is 0 Å². The van der Waals surface area contributed by atoms with Gasteiger partial charge in [-0.3, -0.25) is 5.10 Å². The average molecular weight is 306 g/mol. The predicted octanol–water partition coefficient (Wildman–Crippen LogP) is 4.20. The third-order valence-corrected chi connectivity index (χ3v) is 4.73. The van der Waals surface area contributed by atoms with Crippen molar-refractivity contribution in [3.63, 3.8) is 0 Å². The van der Waals surface area contributed by atoms with Crippen LogP contribution >= 0.6 is 15.9 Å². The molecule has 0 aliphatic heterocycles. The molecule has 4 heteroatoms. The van der Waals surface area contributed by atoms with Crippen LogP contribution in [0, 0.1) is 6.92 Å². The highest BCUT2D eigenvalue weighted by atomic mass is 79.9. The van der Waals surface area contributed by atoms with Crippen molar-refractivity contribution in [1.82, 2.24) is 15.2 Å². The maximum atomic E-state index is 4.67. The molecule has 3 rings (SSSR count). The van der Waals surface area contributed by atoms with Gasteiger partial charge in [0, 0.05) is 16.0 Å². The summed E-state index contributed by atoms with van der Waals surface area (Å²) in [5.41, 5.74) is 2.27. The molecular weight excluding hydrogens is 290 g/mol. The Morgan fingerprint density at radius 2 is 2.06 bits per heavy atom. The van der Waals surface area contributed by atoms with Gasteiger partial charge in [0.05, 0.1) is 0 Å². The Kier molecular flexibility index (Phi) is 3.20. The molecule has 1 fully saturated rings. The Morgan fingerprint density at radius 3 is 2.83 bits per heavy atom. The molecule has 94 valence electrons. The Morgan fingerprint density at radius 1 is 1.28 bits per heavy atom.